The molecule has 2 aromatic rings. The fourth-order valence-corrected chi connectivity index (χ4v) is 3.30. The van der Waals surface area contributed by atoms with E-state index in [4.69, 9.17) is 0 Å². The molecule has 0 saturated heterocycles. The second kappa shape index (κ2) is 6.03. The fraction of sp³-hybridized carbons (Fsp3) is 0.368. The Labute approximate surface area is 135 Å². The van der Waals surface area contributed by atoms with Crippen LogP contribution in [0.5, 0.6) is 0 Å². The topological polar surface area (TPSA) is 62.0 Å². The van der Waals surface area contributed by atoms with Gasteiger partial charge in [-0.3, -0.25) is 9.59 Å². The third-order valence-electron chi connectivity index (χ3n) is 4.39. The number of amides is 1. The Balaban J connectivity index is 1.90. The average Bonchev–Trinajstić information content (AvgIpc) is 2.45. The van der Waals surface area contributed by atoms with Gasteiger partial charge in [-0.25, -0.2) is 0 Å². The van der Waals surface area contributed by atoms with Crippen LogP contribution in [-0.4, -0.2) is 10.9 Å². The molecule has 1 atom stereocenters. The van der Waals surface area contributed by atoms with Gasteiger partial charge in [0.25, 0.3) is 11.5 Å². The van der Waals surface area contributed by atoms with E-state index in [1.807, 2.05) is 32.0 Å². The van der Waals surface area contributed by atoms with Gasteiger partial charge in [0.05, 0.1) is 0 Å². The van der Waals surface area contributed by atoms with Gasteiger partial charge < -0.3 is 10.3 Å². The molecule has 0 unspecified atom stereocenters. The van der Waals surface area contributed by atoms with Crippen LogP contribution in [0.1, 0.15) is 46.1 Å². The Kier molecular flexibility index (Phi) is 4.07. The molecule has 0 fully saturated rings. The molecule has 1 amide bonds. The van der Waals surface area contributed by atoms with E-state index in [1.165, 1.54) is 0 Å². The van der Waals surface area contributed by atoms with Crippen molar-refractivity contribution in [3.05, 3.63) is 62.6 Å². The zero-order chi connectivity index (χ0) is 16.6. The van der Waals surface area contributed by atoms with E-state index in [1.54, 1.807) is 6.07 Å². The van der Waals surface area contributed by atoms with Crippen LogP contribution in [-0.2, 0) is 12.8 Å². The van der Waals surface area contributed by atoms with Crippen molar-refractivity contribution in [2.45, 2.75) is 40.0 Å². The predicted molar refractivity (Wildman–Crippen MR) is 92.1 cm³/mol. The van der Waals surface area contributed by atoms with Gasteiger partial charge in [-0.15, -0.1) is 0 Å². The highest BCUT2D eigenvalue weighted by Gasteiger charge is 2.20. The number of aryl methyl sites for hydroxylation is 3. The molecule has 2 N–H and O–H groups in total. The predicted octanol–water partition coefficient (Wildman–Crippen LogP) is 3.37. The highest BCUT2D eigenvalue weighted by atomic mass is 16.2. The molecule has 120 valence electrons. The number of H-pyrrole nitrogens is 1. The summed E-state index contributed by atoms with van der Waals surface area (Å²) in [6.07, 6.45) is 2.87. The summed E-state index contributed by atoms with van der Waals surface area (Å²) >= 11 is 0. The maximum Gasteiger partial charge on any atom is 0.261 e. The van der Waals surface area contributed by atoms with E-state index in [0.29, 0.717) is 5.92 Å². The summed E-state index contributed by atoms with van der Waals surface area (Å²) in [4.78, 5) is 27.6. The summed E-state index contributed by atoms with van der Waals surface area (Å²) in [6, 6.07) is 7.61. The first kappa shape index (κ1) is 15.5. The largest absolute Gasteiger partial charge is 0.325 e. The van der Waals surface area contributed by atoms with E-state index in [0.717, 1.165) is 47.3 Å². The second-order valence-corrected chi connectivity index (χ2v) is 6.69. The van der Waals surface area contributed by atoms with Crippen LogP contribution < -0.4 is 10.9 Å². The monoisotopic (exact) mass is 310 g/mol. The third-order valence-corrected chi connectivity index (χ3v) is 4.39. The van der Waals surface area contributed by atoms with Crippen molar-refractivity contribution in [2.75, 3.05) is 5.32 Å². The Morgan fingerprint density at radius 1 is 1.17 bits per heavy atom. The zero-order valence-corrected chi connectivity index (χ0v) is 13.8. The molecular weight excluding hydrogens is 288 g/mol. The SMILES string of the molecule is Cc1cc(C)cc(NC(=O)c2cc3c([nH]c2=O)CC[C@@H](C)C3)c1. The van der Waals surface area contributed by atoms with Crippen LogP contribution in [0.2, 0.25) is 0 Å². The number of anilines is 1. The molecule has 0 bridgehead atoms. The van der Waals surface area contributed by atoms with Gasteiger partial charge in [-0.05, 0) is 73.9 Å². The molecule has 1 aliphatic carbocycles. The van der Waals surface area contributed by atoms with E-state index >= 15 is 0 Å². The zero-order valence-electron chi connectivity index (χ0n) is 13.8. The van der Waals surface area contributed by atoms with E-state index in [-0.39, 0.29) is 17.0 Å². The van der Waals surface area contributed by atoms with Gasteiger partial charge in [0.1, 0.15) is 5.56 Å². The van der Waals surface area contributed by atoms with Crippen LogP contribution in [0.25, 0.3) is 0 Å². The Morgan fingerprint density at radius 2 is 1.87 bits per heavy atom. The molecule has 0 radical (unpaired) electrons. The number of benzene rings is 1. The number of aromatic nitrogens is 1. The van der Waals surface area contributed by atoms with Gasteiger partial charge in [0.2, 0.25) is 0 Å². The minimum absolute atomic E-state index is 0.192. The second-order valence-electron chi connectivity index (χ2n) is 6.69. The summed E-state index contributed by atoms with van der Waals surface area (Å²) in [6.45, 7) is 6.16. The van der Waals surface area contributed by atoms with Gasteiger partial charge in [0, 0.05) is 11.4 Å². The molecule has 4 heteroatoms. The van der Waals surface area contributed by atoms with Crippen molar-refractivity contribution >= 4 is 11.6 Å². The fourth-order valence-electron chi connectivity index (χ4n) is 3.30. The van der Waals surface area contributed by atoms with Crippen LogP contribution in [0, 0.1) is 19.8 Å². The number of fused-ring (bicyclic) bond motifs is 1. The van der Waals surface area contributed by atoms with E-state index in [2.05, 4.69) is 17.2 Å². The summed E-state index contributed by atoms with van der Waals surface area (Å²) < 4.78 is 0. The van der Waals surface area contributed by atoms with Crippen molar-refractivity contribution < 1.29 is 4.79 Å². The molecule has 1 aromatic heterocycles. The summed E-state index contributed by atoms with van der Waals surface area (Å²) in [5.41, 5.74) is 4.84. The van der Waals surface area contributed by atoms with Crippen LogP contribution in [0.4, 0.5) is 5.69 Å². The Bertz CT molecular complexity index is 800. The van der Waals surface area contributed by atoms with Gasteiger partial charge >= 0.3 is 0 Å². The summed E-state index contributed by atoms with van der Waals surface area (Å²) in [5, 5.41) is 2.84. The number of nitrogens with one attached hydrogen (secondary N) is 2. The Hall–Kier alpha value is -2.36. The lowest BCUT2D eigenvalue weighted by Gasteiger charge is -2.21. The molecule has 4 nitrogen and oxygen atoms in total. The first-order valence-corrected chi connectivity index (χ1v) is 8.07. The van der Waals surface area contributed by atoms with Crippen molar-refractivity contribution in [3.8, 4) is 0 Å². The first-order valence-electron chi connectivity index (χ1n) is 8.07. The number of carbonyl (C=O) groups is 1. The van der Waals surface area contributed by atoms with Crippen molar-refractivity contribution in [3.63, 3.8) is 0 Å². The van der Waals surface area contributed by atoms with Crippen molar-refractivity contribution in [1.29, 1.82) is 0 Å². The standard InChI is InChI=1S/C19H22N2O2/c1-11-4-5-17-14(7-11)10-16(19(23)21-17)18(22)20-15-8-12(2)6-13(3)9-15/h6,8-11H,4-5,7H2,1-3H3,(H,20,22)(H,21,23)/t11-/m1/s1. The van der Waals surface area contributed by atoms with Crippen molar-refractivity contribution in [1.82, 2.24) is 4.98 Å². The van der Waals surface area contributed by atoms with E-state index < -0.39 is 0 Å². The van der Waals surface area contributed by atoms with Crippen LogP contribution in [0.15, 0.2) is 29.1 Å². The normalized spacial score (nSPS) is 16.7. The quantitative estimate of drug-likeness (QED) is 0.893. The summed E-state index contributed by atoms with van der Waals surface area (Å²) in [5.74, 6) is 0.237. The molecule has 0 spiro atoms. The molecule has 1 aromatic carbocycles. The molecular formula is C19H22N2O2. The molecule has 0 aliphatic heterocycles. The van der Waals surface area contributed by atoms with Gasteiger partial charge in [-0.1, -0.05) is 13.0 Å². The van der Waals surface area contributed by atoms with Gasteiger partial charge in [0.15, 0.2) is 0 Å². The van der Waals surface area contributed by atoms with Gasteiger partial charge in [-0.2, -0.15) is 0 Å². The summed E-state index contributed by atoms with van der Waals surface area (Å²) in [7, 11) is 0. The molecule has 3 rings (SSSR count). The number of pyridine rings is 1. The highest BCUT2D eigenvalue weighted by molar-refractivity contribution is 6.04. The average molecular weight is 310 g/mol. The molecule has 23 heavy (non-hydrogen) atoms. The number of rotatable bonds is 2. The van der Waals surface area contributed by atoms with Crippen molar-refractivity contribution in [2.24, 2.45) is 5.92 Å². The number of carbonyl (C=O) groups excluding carboxylic acids is 1. The Morgan fingerprint density at radius 3 is 2.57 bits per heavy atom. The molecule has 1 heterocycles. The highest BCUT2D eigenvalue weighted by Crippen LogP contribution is 2.23. The lowest BCUT2D eigenvalue weighted by atomic mass is 9.87. The maximum atomic E-state index is 12.5. The first-order chi connectivity index (χ1) is 10.9. The number of aromatic amines is 1. The smallest absolute Gasteiger partial charge is 0.261 e. The van der Waals surface area contributed by atoms with Crippen LogP contribution in [0.3, 0.4) is 0 Å². The maximum absolute atomic E-state index is 12.5. The number of hydrogen-bond donors (Lipinski definition) is 2. The molecule has 0 saturated carbocycles. The van der Waals surface area contributed by atoms with E-state index in [9.17, 15) is 9.59 Å². The number of hydrogen-bond acceptors (Lipinski definition) is 2. The van der Waals surface area contributed by atoms with Crippen LogP contribution >= 0.6 is 0 Å². The third kappa shape index (κ3) is 3.36. The minimum Gasteiger partial charge on any atom is -0.325 e. The lowest BCUT2D eigenvalue weighted by molar-refractivity contribution is 0.102. The molecule has 1 aliphatic rings. The lowest BCUT2D eigenvalue weighted by Crippen LogP contribution is -2.27. The minimum atomic E-state index is -0.350.